The number of alkyl halides is 4. The Kier molecular flexibility index (Phi) is 5.38. The third-order valence-electron chi connectivity index (χ3n) is 4.57. The van der Waals surface area contributed by atoms with Crippen molar-refractivity contribution in [3.8, 4) is 11.3 Å². The molecule has 0 aliphatic heterocycles. The summed E-state index contributed by atoms with van der Waals surface area (Å²) in [6.45, 7) is -2.76. The van der Waals surface area contributed by atoms with E-state index in [0.717, 1.165) is 6.20 Å². The minimum absolute atomic E-state index is 0.0313. The number of rotatable bonds is 5. The van der Waals surface area contributed by atoms with Crippen molar-refractivity contribution in [2.45, 2.75) is 50.3 Å². The average Bonchev–Trinajstić information content (AvgIpc) is 3.07. The topological polar surface area (TPSA) is 63.0 Å². The zero-order valence-electron chi connectivity index (χ0n) is 13.5. The van der Waals surface area contributed by atoms with Crippen molar-refractivity contribution >= 4 is 17.3 Å². The summed E-state index contributed by atoms with van der Waals surface area (Å²) < 4.78 is 51.8. The van der Waals surface area contributed by atoms with Crippen molar-refractivity contribution in [3.05, 3.63) is 29.7 Å². The van der Waals surface area contributed by atoms with Crippen LogP contribution in [0.5, 0.6) is 0 Å². The molecule has 0 bridgehead atoms. The van der Waals surface area contributed by atoms with Gasteiger partial charge in [-0.3, -0.25) is 0 Å². The van der Waals surface area contributed by atoms with Crippen LogP contribution in [-0.2, 0) is 0 Å². The van der Waals surface area contributed by atoms with Crippen LogP contribution in [0.1, 0.15) is 32.2 Å². The highest BCUT2D eigenvalue weighted by Crippen LogP contribution is 2.36. The number of aliphatic hydroxyl groups is 1. The van der Waals surface area contributed by atoms with Gasteiger partial charge < -0.3 is 10.4 Å². The van der Waals surface area contributed by atoms with Crippen LogP contribution in [0.25, 0.3) is 11.3 Å². The molecule has 1 aliphatic rings. The highest BCUT2D eigenvalue weighted by molar-refractivity contribution is 6.29. The molecule has 10 heteroatoms. The first-order valence-electron chi connectivity index (χ1n) is 8.05. The molecule has 1 saturated carbocycles. The van der Waals surface area contributed by atoms with Gasteiger partial charge in [0.15, 0.2) is 0 Å². The van der Waals surface area contributed by atoms with Crippen LogP contribution in [0.15, 0.2) is 24.5 Å². The van der Waals surface area contributed by atoms with Crippen LogP contribution in [0.2, 0.25) is 5.15 Å². The lowest BCUT2D eigenvalue weighted by Gasteiger charge is -2.36. The lowest BCUT2D eigenvalue weighted by Crippen LogP contribution is -2.43. The Morgan fingerprint density at radius 2 is 1.96 bits per heavy atom. The Labute approximate surface area is 152 Å². The molecule has 1 fully saturated rings. The highest BCUT2D eigenvalue weighted by atomic mass is 35.5. The quantitative estimate of drug-likeness (QED) is 0.586. The van der Waals surface area contributed by atoms with Crippen molar-refractivity contribution in [1.29, 1.82) is 0 Å². The van der Waals surface area contributed by atoms with Crippen molar-refractivity contribution in [3.63, 3.8) is 0 Å². The first-order valence-corrected chi connectivity index (χ1v) is 8.42. The summed E-state index contributed by atoms with van der Waals surface area (Å²) in [5, 5.41) is 17.1. The largest absolute Gasteiger partial charge is 0.384 e. The zero-order chi connectivity index (χ0) is 18.9. The summed E-state index contributed by atoms with van der Waals surface area (Å²) in [6.07, 6.45) is 0.403. The second-order valence-electron chi connectivity index (χ2n) is 6.33. The van der Waals surface area contributed by atoms with E-state index in [9.17, 15) is 22.7 Å². The molecule has 0 saturated heterocycles. The molecule has 2 N–H and O–H groups in total. The number of hydrogen-bond acceptors (Lipinski definition) is 4. The van der Waals surface area contributed by atoms with E-state index in [1.165, 1.54) is 18.3 Å². The second-order valence-corrected chi connectivity index (χ2v) is 6.72. The summed E-state index contributed by atoms with van der Waals surface area (Å²) in [4.78, 5) is 3.96. The van der Waals surface area contributed by atoms with E-state index in [1.807, 2.05) is 0 Å². The van der Waals surface area contributed by atoms with Gasteiger partial charge in [-0.2, -0.15) is 13.9 Å². The smallest absolute Gasteiger partial charge is 0.333 e. The molecule has 0 atom stereocenters. The van der Waals surface area contributed by atoms with E-state index in [-0.39, 0.29) is 29.7 Å². The van der Waals surface area contributed by atoms with Crippen molar-refractivity contribution < 1.29 is 22.7 Å². The third kappa shape index (κ3) is 3.93. The maximum Gasteiger partial charge on any atom is 0.333 e. The molecule has 2 heterocycles. The van der Waals surface area contributed by atoms with E-state index in [1.54, 1.807) is 0 Å². The maximum absolute atomic E-state index is 12.9. The van der Waals surface area contributed by atoms with Gasteiger partial charge in [-0.05, 0) is 37.8 Å². The summed E-state index contributed by atoms with van der Waals surface area (Å²) >= 11 is 5.93. The van der Waals surface area contributed by atoms with E-state index >= 15 is 0 Å². The lowest BCUT2D eigenvalue weighted by molar-refractivity contribution is -0.117. The standard InChI is InChI=1S/C16H17ClF4N4O/c17-13-7-12(23-9-1-4-16(26,5-2-9)14(18)19)10(8-22-13)11-3-6-25(24-11)15(20)21/h3,6-9,14-15,26H,1-2,4-5H2,(H,22,23). The van der Waals surface area contributed by atoms with E-state index in [0.29, 0.717) is 28.8 Å². The second kappa shape index (κ2) is 7.40. The molecule has 5 nitrogen and oxygen atoms in total. The molecule has 26 heavy (non-hydrogen) atoms. The Balaban J connectivity index is 1.79. The van der Waals surface area contributed by atoms with Crippen LogP contribution in [0, 0.1) is 0 Å². The number of hydrogen-bond donors (Lipinski definition) is 2. The van der Waals surface area contributed by atoms with E-state index < -0.39 is 18.6 Å². The summed E-state index contributed by atoms with van der Waals surface area (Å²) in [5.74, 6) is 0. The molecule has 0 spiro atoms. The minimum atomic E-state index is -2.78. The Morgan fingerprint density at radius 1 is 1.27 bits per heavy atom. The molecule has 0 unspecified atom stereocenters. The summed E-state index contributed by atoms with van der Waals surface area (Å²) in [7, 11) is 0. The Bertz CT molecular complexity index is 762. The van der Waals surface area contributed by atoms with Crippen LogP contribution in [0.4, 0.5) is 23.2 Å². The predicted octanol–water partition coefficient (Wildman–Crippen LogP) is 4.34. The van der Waals surface area contributed by atoms with Gasteiger partial charge in [0.05, 0.1) is 5.69 Å². The van der Waals surface area contributed by atoms with Gasteiger partial charge in [0.1, 0.15) is 10.8 Å². The van der Waals surface area contributed by atoms with E-state index in [4.69, 9.17) is 11.6 Å². The molecule has 0 radical (unpaired) electrons. The molecule has 0 aromatic carbocycles. The first kappa shape index (κ1) is 18.9. The van der Waals surface area contributed by atoms with Crippen LogP contribution >= 0.6 is 11.6 Å². The molecule has 2 aromatic heterocycles. The van der Waals surface area contributed by atoms with Gasteiger partial charge in [0.2, 0.25) is 0 Å². The monoisotopic (exact) mass is 392 g/mol. The number of nitrogens with zero attached hydrogens (tertiary/aromatic N) is 3. The normalized spacial score (nSPS) is 23.6. The molecule has 0 amide bonds. The van der Waals surface area contributed by atoms with Gasteiger partial charge >= 0.3 is 6.55 Å². The molecular weight excluding hydrogens is 376 g/mol. The average molecular weight is 393 g/mol. The van der Waals surface area contributed by atoms with Crippen molar-refractivity contribution in [2.24, 2.45) is 0 Å². The van der Waals surface area contributed by atoms with Crippen LogP contribution < -0.4 is 5.32 Å². The zero-order valence-corrected chi connectivity index (χ0v) is 14.3. The number of nitrogens with one attached hydrogen (secondary N) is 1. The SMILES string of the molecule is OC1(C(F)F)CCC(Nc2cc(Cl)ncc2-c2ccn(C(F)F)n2)CC1. The van der Waals surface area contributed by atoms with Crippen molar-refractivity contribution in [1.82, 2.24) is 14.8 Å². The molecular formula is C16H17ClF4N4O. The van der Waals surface area contributed by atoms with Crippen LogP contribution in [0.3, 0.4) is 0 Å². The van der Waals surface area contributed by atoms with Gasteiger partial charge in [0.25, 0.3) is 6.43 Å². The first-order chi connectivity index (χ1) is 12.3. The fourth-order valence-electron chi connectivity index (χ4n) is 3.04. The Morgan fingerprint density at radius 3 is 2.54 bits per heavy atom. The maximum atomic E-state index is 12.9. The highest BCUT2D eigenvalue weighted by Gasteiger charge is 2.41. The van der Waals surface area contributed by atoms with Gasteiger partial charge in [0, 0.05) is 29.7 Å². The number of halogens is 5. The van der Waals surface area contributed by atoms with Crippen molar-refractivity contribution in [2.75, 3.05) is 5.32 Å². The number of anilines is 1. The molecule has 142 valence electrons. The number of aromatic nitrogens is 3. The molecule has 1 aliphatic carbocycles. The van der Waals surface area contributed by atoms with E-state index in [2.05, 4.69) is 15.4 Å². The molecule has 3 rings (SSSR count). The minimum Gasteiger partial charge on any atom is -0.384 e. The fraction of sp³-hybridized carbons (Fsp3) is 0.500. The third-order valence-corrected chi connectivity index (χ3v) is 4.78. The Hall–Kier alpha value is -1.87. The number of pyridine rings is 1. The van der Waals surface area contributed by atoms with Gasteiger partial charge in [-0.25, -0.2) is 18.4 Å². The fourth-order valence-corrected chi connectivity index (χ4v) is 3.20. The summed E-state index contributed by atoms with van der Waals surface area (Å²) in [5.41, 5.74) is -0.662. The summed E-state index contributed by atoms with van der Waals surface area (Å²) in [6, 6.07) is 2.80. The predicted molar refractivity (Wildman–Crippen MR) is 88.6 cm³/mol. The van der Waals surface area contributed by atoms with Gasteiger partial charge in [-0.15, -0.1) is 0 Å². The van der Waals surface area contributed by atoms with Gasteiger partial charge in [-0.1, -0.05) is 11.6 Å². The molecule has 2 aromatic rings. The van der Waals surface area contributed by atoms with Crippen LogP contribution in [-0.4, -0.2) is 37.9 Å². The lowest BCUT2D eigenvalue weighted by atomic mass is 9.82.